The van der Waals surface area contributed by atoms with Crippen molar-refractivity contribution >= 4 is 41.8 Å². The molecule has 21 saturated heterocycles. The van der Waals surface area contributed by atoms with Crippen LogP contribution in [0.1, 0.15) is 0 Å². The largest absolute Gasteiger partial charge is 0.480 e. The molecule has 0 aromatic rings. The number of hydrogen-bond donors (Lipinski definition) is 21. The lowest BCUT2D eigenvalue weighted by molar-refractivity contribution is -0.397. The standard InChI is InChI=1S/C56H84O49/c57-22(58)8-85-1-15-43-29(71)36(78)50(92-15)100-44-16(2-86-9-23(59)60)94-52(38(80)31(44)73)102-46-18(4-88-11-25(63)64)96-54(40(82)33(46)75)104-48-20(6-90-13-27(67)68)98-56(42(84)35(48)77)105-49-21(7-91-14-28(69)70)97-55(41(83)34(49)76)103-47-19(5-89-12-26(65)66)95-53(39(81)32(47)74)101-45-17(3-87-10-24(61)62)93-51(99-43)37(79)30(45)72/h15-21,29-56,71-84H,1-14H2,(H,57,58)(H,59,60)(H,61,62)(H,63,64)(H,65,66)(H,67,68)(H,69,70)/t15-,16-,17-,18-,19-,20-,21-,29-,30?,31?,32-,33?,34?,35?,36-,37-,38?,39-,40-,41-,42-,43-,44-,45-,46-,47-,48-,49-,50-,51-,52-,53-,54-,55-,56-/m1/s1. The molecule has 0 saturated carbocycles. The summed E-state index contributed by atoms with van der Waals surface area (Å²) in [5.74, 6) is -11.2. The zero-order valence-corrected chi connectivity index (χ0v) is 54.4. The maximum absolute atomic E-state index is 11.9. The molecule has 105 heavy (non-hydrogen) atoms. The van der Waals surface area contributed by atoms with Gasteiger partial charge >= 0.3 is 41.8 Å². The zero-order valence-electron chi connectivity index (χ0n) is 54.4. The van der Waals surface area contributed by atoms with E-state index in [1.54, 1.807) is 0 Å². The summed E-state index contributed by atoms with van der Waals surface area (Å²) in [7, 11) is 0. The molecular weight excluding hydrogens is 1460 g/mol. The van der Waals surface area contributed by atoms with Crippen LogP contribution in [0.4, 0.5) is 0 Å². The van der Waals surface area contributed by atoms with Gasteiger partial charge in [0.1, 0.15) is 217 Å². The van der Waals surface area contributed by atoms with Gasteiger partial charge in [-0.1, -0.05) is 0 Å². The Kier molecular flexibility index (Phi) is 31.8. The number of carboxylic acids is 7. The third-order valence-electron chi connectivity index (χ3n) is 17.1. The lowest BCUT2D eigenvalue weighted by Crippen LogP contribution is -2.68. The lowest BCUT2D eigenvalue weighted by Gasteiger charge is -2.50. The number of aliphatic hydroxyl groups excluding tert-OH is 14. The van der Waals surface area contributed by atoms with Crippen molar-refractivity contribution in [1.82, 2.24) is 0 Å². The SMILES string of the molecule is O=C(O)COC[C@H]1O[C@@H]2O[C@H]3C(O)C(O)[C@H](O[C@@H]3COCC(=O)O)O[C@H]3C(O)[C@@H](O)[C@H](O[C@@H]3COCC(=O)O)O[C@H]3C(O)[C@@H](O)[C@H](O[C@@H]3COCC(=O)O)O[C@H]3C(O)[C@@H](O)[C@@H](O[C@H]4[C@H](O)[C@@H](O)[C@H](O[C@@H]4COCC(=O)O)O[C@H]4C(O)[C@@H](O)[C@@H](O[C@H]1[C@H](O)[C@H]2O)O[C@@H]4COCC(=O)O)O[C@@H]3COCC(=O)O. The van der Waals surface area contributed by atoms with E-state index >= 15 is 0 Å². The van der Waals surface area contributed by atoms with Gasteiger partial charge in [0, 0.05) is 0 Å². The Bertz CT molecular complexity index is 2300. The van der Waals surface area contributed by atoms with Gasteiger partial charge in [-0.05, 0) is 0 Å². The molecular formula is C56H84O49. The Hall–Kier alpha value is -5.11. The average molecular weight is 1540 g/mol. The van der Waals surface area contributed by atoms with Gasteiger partial charge < -0.3 is 207 Å². The van der Waals surface area contributed by atoms with Crippen LogP contribution in [-0.4, -0.2) is 456 Å². The van der Waals surface area contributed by atoms with Crippen molar-refractivity contribution in [3.8, 4) is 0 Å². The summed E-state index contributed by atoms with van der Waals surface area (Å²) in [4.78, 5) is 81.8. The quantitative estimate of drug-likeness (QED) is 0.0346. The van der Waals surface area contributed by atoms with Gasteiger partial charge in [0.2, 0.25) is 0 Å². The summed E-state index contributed by atoms with van der Waals surface area (Å²) < 4.78 is 119. The lowest BCUT2D eigenvalue weighted by atomic mass is 9.95. The Morgan fingerprint density at radius 1 is 0.181 bits per heavy atom. The fraction of sp³-hybridized carbons (Fsp3) is 0.875. The molecule has 35 atom stereocenters. The van der Waals surface area contributed by atoms with E-state index in [0.29, 0.717) is 0 Å². The molecule has 49 nitrogen and oxygen atoms in total. The topological polar surface area (TPSA) is 738 Å². The van der Waals surface area contributed by atoms with Crippen molar-refractivity contribution in [3.63, 3.8) is 0 Å². The van der Waals surface area contributed by atoms with Crippen LogP contribution in [0.5, 0.6) is 0 Å². The van der Waals surface area contributed by atoms with Crippen molar-refractivity contribution < 1.29 is 240 Å². The van der Waals surface area contributed by atoms with Crippen LogP contribution in [0.2, 0.25) is 0 Å². The number of hydrogen-bond acceptors (Lipinski definition) is 42. The second kappa shape index (κ2) is 39.0. The number of rotatable bonds is 28. The predicted octanol–water partition coefficient (Wildman–Crippen LogP) is -14.5. The smallest absolute Gasteiger partial charge is 0.329 e. The molecule has 14 bridgehead atoms. The number of aliphatic hydroxyl groups is 14. The van der Waals surface area contributed by atoms with E-state index in [2.05, 4.69) is 0 Å². The Balaban J connectivity index is 1.20. The second-order valence-corrected chi connectivity index (χ2v) is 24.7. The van der Waals surface area contributed by atoms with E-state index in [-0.39, 0.29) is 0 Å². The van der Waals surface area contributed by atoms with Gasteiger partial charge in [0.15, 0.2) is 44.0 Å². The number of ether oxygens (including phenoxy) is 21. The van der Waals surface area contributed by atoms with Crippen LogP contribution in [0.25, 0.3) is 0 Å². The molecule has 21 aliphatic rings. The van der Waals surface area contributed by atoms with Crippen molar-refractivity contribution in [2.24, 2.45) is 0 Å². The fourth-order valence-electron chi connectivity index (χ4n) is 12.2. The summed E-state index contributed by atoms with van der Waals surface area (Å²) >= 11 is 0. The first-order valence-corrected chi connectivity index (χ1v) is 31.9. The van der Waals surface area contributed by atoms with Crippen molar-refractivity contribution in [3.05, 3.63) is 0 Å². The Morgan fingerprint density at radius 2 is 0.286 bits per heavy atom. The first-order valence-electron chi connectivity index (χ1n) is 31.9. The van der Waals surface area contributed by atoms with Crippen LogP contribution in [-0.2, 0) is 133 Å². The minimum Gasteiger partial charge on any atom is -0.480 e. The highest BCUT2D eigenvalue weighted by Crippen LogP contribution is 2.40. The molecule has 21 aliphatic heterocycles. The van der Waals surface area contributed by atoms with Crippen molar-refractivity contribution in [1.29, 1.82) is 0 Å². The third-order valence-corrected chi connectivity index (χ3v) is 17.1. The third kappa shape index (κ3) is 22.1. The molecule has 0 aromatic heterocycles. The Morgan fingerprint density at radius 3 is 0.381 bits per heavy atom. The van der Waals surface area contributed by atoms with Gasteiger partial charge in [0.05, 0.1) is 46.2 Å². The number of carboxylic acid groups (broad SMARTS) is 7. The van der Waals surface area contributed by atoms with Crippen LogP contribution in [0.15, 0.2) is 0 Å². The summed E-state index contributed by atoms with van der Waals surface area (Å²) in [6.07, 6.45) is -79.3. The van der Waals surface area contributed by atoms with E-state index in [0.717, 1.165) is 0 Å². The molecule has 21 rings (SSSR count). The first kappa shape index (κ1) is 85.5. The highest BCUT2D eigenvalue weighted by Gasteiger charge is 2.60. The van der Waals surface area contributed by atoms with E-state index in [4.69, 9.17) is 99.5 Å². The molecule has 21 N–H and O–H groups in total. The van der Waals surface area contributed by atoms with E-state index in [1.165, 1.54) is 0 Å². The van der Waals surface area contributed by atoms with Crippen molar-refractivity contribution in [2.75, 3.05) is 92.5 Å². The maximum atomic E-state index is 11.9. The van der Waals surface area contributed by atoms with E-state index < -0.39 is 349 Å². The zero-order chi connectivity index (χ0) is 77.0. The van der Waals surface area contributed by atoms with Gasteiger partial charge in [-0.15, -0.1) is 0 Å². The van der Waals surface area contributed by atoms with Gasteiger partial charge in [-0.2, -0.15) is 0 Å². The average Bonchev–Trinajstić information content (AvgIpc) is 0.791. The molecule has 0 amide bonds. The van der Waals surface area contributed by atoms with Crippen LogP contribution in [0.3, 0.4) is 0 Å². The predicted molar refractivity (Wildman–Crippen MR) is 308 cm³/mol. The molecule has 21 heterocycles. The summed E-state index contributed by atoms with van der Waals surface area (Å²) in [5.41, 5.74) is 0. The van der Waals surface area contributed by atoms with Gasteiger partial charge in [-0.3, -0.25) is 0 Å². The molecule has 0 radical (unpaired) electrons. The fourth-order valence-corrected chi connectivity index (χ4v) is 12.2. The minimum atomic E-state index is -2.47. The molecule has 21 fully saturated rings. The van der Waals surface area contributed by atoms with Crippen LogP contribution in [0, 0.1) is 0 Å². The highest BCUT2D eigenvalue weighted by atomic mass is 16.8. The van der Waals surface area contributed by atoms with E-state index in [1.807, 2.05) is 0 Å². The minimum absolute atomic E-state index is 0.985. The normalized spacial score (nSPS) is 43.5. The summed E-state index contributed by atoms with van der Waals surface area (Å²) in [5, 5.41) is 232. The van der Waals surface area contributed by atoms with Crippen molar-refractivity contribution in [2.45, 2.75) is 215 Å². The molecule has 0 spiro atoms. The Labute approximate surface area is 588 Å². The summed E-state index contributed by atoms with van der Waals surface area (Å²) in [6.45, 7) is -14.7. The maximum Gasteiger partial charge on any atom is 0.329 e. The highest BCUT2D eigenvalue weighted by molar-refractivity contribution is 5.69. The molecule has 49 heteroatoms. The number of carbonyl (C=O) groups is 7. The van der Waals surface area contributed by atoms with Gasteiger partial charge in [0.25, 0.3) is 0 Å². The van der Waals surface area contributed by atoms with Gasteiger partial charge in [-0.25, -0.2) is 33.6 Å². The van der Waals surface area contributed by atoms with Crippen LogP contribution >= 0.6 is 0 Å². The monoisotopic (exact) mass is 1540 g/mol. The molecule has 602 valence electrons. The van der Waals surface area contributed by atoms with E-state index in [9.17, 15) is 141 Å². The van der Waals surface area contributed by atoms with Crippen LogP contribution < -0.4 is 0 Å². The number of aliphatic carboxylic acids is 7. The summed E-state index contributed by atoms with van der Waals surface area (Å²) in [6, 6.07) is 0. The first-order chi connectivity index (χ1) is 49.6. The molecule has 0 aliphatic carbocycles. The molecule has 0 aromatic carbocycles. The second-order valence-electron chi connectivity index (χ2n) is 24.7. The molecule has 6 unspecified atom stereocenters.